The summed E-state index contributed by atoms with van der Waals surface area (Å²) in [6.45, 7) is 2.90. The lowest BCUT2D eigenvalue weighted by atomic mass is 10.0. The molecule has 2 aromatic heterocycles. The van der Waals surface area contributed by atoms with Crippen LogP contribution >= 0.6 is 0 Å². The molecule has 1 aliphatic heterocycles. The van der Waals surface area contributed by atoms with E-state index in [1.165, 1.54) is 0 Å². The van der Waals surface area contributed by atoms with Gasteiger partial charge in [0.1, 0.15) is 12.0 Å². The molecule has 0 bridgehead atoms. The Morgan fingerprint density at radius 2 is 2.00 bits per heavy atom. The van der Waals surface area contributed by atoms with Gasteiger partial charge in [0.15, 0.2) is 0 Å². The van der Waals surface area contributed by atoms with Crippen molar-refractivity contribution in [1.29, 1.82) is 0 Å². The van der Waals surface area contributed by atoms with E-state index in [9.17, 15) is 4.79 Å². The zero-order valence-electron chi connectivity index (χ0n) is 15.9. The van der Waals surface area contributed by atoms with Gasteiger partial charge in [0.25, 0.3) is 5.91 Å². The summed E-state index contributed by atoms with van der Waals surface area (Å²) in [5.41, 5.74) is 4.31. The second kappa shape index (κ2) is 7.78. The quantitative estimate of drug-likeness (QED) is 0.742. The number of nitrogens with zero attached hydrogens (tertiary/aromatic N) is 3. The zero-order chi connectivity index (χ0) is 19.5. The second-order valence-corrected chi connectivity index (χ2v) is 6.83. The van der Waals surface area contributed by atoms with Gasteiger partial charge in [0.05, 0.1) is 12.2 Å². The number of anilines is 1. The fourth-order valence-electron chi connectivity index (χ4n) is 3.59. The highest BCUT2D eigenvalue weighted by atomic mass is 16.5. The number of ether oxygens (including phenoxy) is 1. The van der Waals surface area contributed by atoms with Gasteiger partial charge in [-0.2, -0.15) is 0 Å². The molecule has 0 saturated heterocycles. The first-order chi connectivity index (χ1) is 13.7. The molecule has 28 heavy (non-hydrogen) atoms. The first-order valence-electron chi connectivity index (χ1n) is 9.18. The number of hydrogen-bond acceptors (Lipinski definition) is 5. The highest BCUT2D eigenvalue weighted by Crippen LogP contribution is 2.35. The van der Waals surface area contributed by atoms with Gasteiger partial charge in [0, 0.05) is 37.3 Å². The summed E-state index contributed by atoms with van der Waals surface area (Å²) in [7, 11) is 1.63. The van der Waals surface area contributed by atoms with Crippen molar-refractivity contribution in [1.82, 2.24) is 15.3 Å². The van der Waals surface area contributed by atoms with Crippen LogP contribution in [0.25, 0.3) is 0 Å². The fraction of sp³-hybridized carbons (Fsp3) is 0.227. The van der Waals surface area contributed by atoms with Crippen molar-refractivity contribution in [3.05, 3.63) is 88.9 Å². The van der Waals surface area contributed by atoms with Gasteiger partial charge in [-0.05, 0) is 30.2 Å². The van der Waals surface area contributed by atoms with Crippen LogP contribution in [-0.4, -0.2) is 23.0 Å². The average molecular weight is 374 g/mol. The van der Waals surface area contributed by atoms with E-state index < -0.39 is 0 Å². The van der Waals surface area contributed by atoms with Gasteiger partial charge < -0.3 is 15.0 Å². The summed E-state index contributed by atoms with van der Waals surface area (Å²) in [5, 5.41) is 3.13. The summed E-state index contributed by atoms with van der Waals surface area (Å²) in [6, 6.07) is 15.9. The summed E-state index contributed by atoms with van der Waals surface area (Å²) in [6.07, 6.45) is 3.15. The van der Waals surface area contributed by atoms with Crippen LogP contribution in [0.5, 0.6) is 0 Å². The molecule has 0 unspecified atom stereocenters. The minimum Gasteiger partial charge on any atom is -0.380 e. The summed E-state index contributed by atoms with van der Waals surface area (Å²) < 4.78 is 5.33. The molecule has 0 spiro atoms. The minimum absolute atomic E-state index is 0.146. The van der Waals surface area contributed by atoms with Crippen LogP contribution in [0.2, 0.25) is 0 Å². The maximum atomic E-state index is 13.0. The highest BCUT2D eigenvalue weighted by Gasteiger charge is 2.35. The Kier molecular flexibility index (Phi) is 5.04. The van der Waals surface area contributed by atoms with Crippen LogP contribution in [0.1, 0.15) is 38.9 Å². The van der Waals surface area contributed by atoms with E-state index in [2.05, 4.69) is 27.3 Å². The molecule has 0 aliphatic carbocycles. The number of aryl methyl sites for hydroxylation is 1. The minimum atomic E-state index is -0.349. The van der Waals surface area contributed by atoms with Gasteiger partial charge in [-0.1, -0.05) is 36.4 Å². The normalized spacial score (nSPS) is 15.9. The van der Waals surface area contributed by atoms with E-state index in [4.69, 9.17) is 9.72 Å². The average Bonchev–Trinajstić information content (AvgIpc) is 2.71. The molecular weight excluding hydrogens is 352 g/mol. The molecule has 1 amide bonds. The molecule has 0 radical (unpaired) electrons. The maximum absolute atomic E-state index is 13.0. The molecule has 142 valence electrons. The molecule has 3 heterocycles. The number of hydrogen-bond donors (Lipinski definition) is 1. The van der Waals surface area contributed by atoms with E-state index in [1.54, 1.807) is 19.5 Å². The van der Waals surface area contributed by atoms with Crippen molar-refractivity contribution < 1.29 is 9.53 Å². The van der Waals surface area contributed by atoms with E-state index in [0.717, 1.165) is 22.4 Å². The van der Waals surface area contributed by atoms with Crippen molar-refractivity contribution in [2.75, 3.05) is 12.0 Å². The predicted octanol–water partition coefficient (Wildman–Crippen LogP) is 3.38. The number of rotatable bonds is 5. The maximum Gasteiger partial charge on any atom is 0.257 e. The van der Waals surface area contributed by atoms with Crippen molar-refractivity contribution in [2.24, 2.45) is 0 Å². The number of pyridine rings is 2. The Bertz CT molecular complexity index is 977. The number of carbonyl (C=O) groups is 1. The van der Waals surface area contributed by atoms with Crippen molar-refractivity contribution >= 4 is 11.7 Å². The number of aromatic nitrogens is 2. The molecule has 1 N–H and O–H groups in total. The second-order valence-electron chi connectivity index (χ2n) is 6.83. The topological polar surface area (TPSA) is 67.3 Å². The van der Waals surface area contributed by atoms with Gasteiger partial charge in [-0.3, -0.25) is 9.78 Å². The summed E-state index contributed by atoms with van der Waals surface area (Å²) in [4.78, 5) is 24.1. The molecule has 0 saturated carbocycles. The number of benzene rings is 1. The van der Waals surface area contributed by atoms with Crippen LogP contribution in [0.3, 0.4) is 0 Å². The van der Waals surface area contributed by atoms with Gasteiger partial charge in [-0.25, -0.2) is 4.98 Å². The van der Waals surface area contributed by atoms with Gasteiger partial charge >= 0.3 is 0 Å². The van der Waals surface area contributed by atoms with E-state index >= 15 is 0 Å². The van der Waals surface area contributed by atoms with Crippen molar-refractivity contribution in [3.63, 3.8) is 0 Å². The van der Waals surface area contributed by atoms with Crippen LogP contribution in [0.15, 0.2) is 60.9 Å². The van der Waals surface area contributed by atoms with Crippen molar-refractivity contribution in [2.45, 2.75) is 26.2 Å². The molecule has 6 nitrogen and oxygen atoms in total. The third-order valence-corrected chi connectivity index (χ3v) is 4.78. The third kappa shape index (κ3) is 3.46. The molecule has 1 aliphatic rings. The predicted molar refractivity (Wildman–Crippen MR) is 107 cm³/mol. The lowest BCUT2D eigenvalue weighted by Crippen LogP contribution is -2.47. The Morgan fingerprint density at radius 3 is 2.71 bits per heavy atom. The van der Waals surface area contributed by atoms with Crippen LogP contribution in [0.4, 0.5) is 5.82 Å². The molecule has 1 atom stereocenters. The monoisotopic (exact) mass is 374 g/mol. The van der Waals surface area contributed by atoms with Gasteiger partial charge in [-0.15, -0.1) is 0 Å². The number of methoxy groups -OCH3 is 1. The largest absolute Gasteiger partial charge is 0.380 e. The lowest BCUT2D eigenvalue weighted by molar-refractivity contribution is 0.0919. The molecular formula is C22H22N4O2. The van der Waals surface area contributed by atoms with E-state index in [0.29, 0.717) is 24.5 Å². The van der Waals surface area contributed by atoms with E-state index in [-0.39, 0.29) is 12.1 Å². The molecule has 3 aromatic rings. The standard InChI is InChI=1S/C22H22N4O2/c1-15-11-18(14-28-2)19-21(24-15)26(13-16-7-4-3-5-8-16)20(25-22(19)27)17-9-6-10-23-12-17/h3-12,20H,13-14H2,1-2H3,(H,25,27)/t20-/m0/s1. The Balaban J connectivity index is 1.86. The molecule has 1 aromatic carbocycles. The fourth-order valence-corrected chi connectivity index (χ4v) is 3.59. The number of carbonyl (C=O) groups excluding carboxylic acids is 1. The lowest BCUT2D eigenvalue weighted by Gasteiger charge is -2.39. The Labute approximate surface area is 164 Å². The van der Waals surface area contributed by atoms with E-state index in [1.807, 2.05) is 43.3 Å². The number of fused-ring (bicyclic) bond motifs is 1. The zero-order valence-corrected chi connectivity index (χ0v) is 15.9. The van der Waals surface area contributed by atoms with Crippen LogP contribution in [-0.2, 0) is 17.9 Å². The molecule has 0 fully saturated rings. The number of nitrogens with one attached hydrogen (secondary N) is 1. The third-order valence-electron chi connectivity index (χ3n) is 4.78. The van der Waals surface area contributed by atoms with Crippen molar-refractivity contribution in [3.8, 4) is 0 Å². The van der Waals surface area contributed by atoms with Crippen LogP contribution < -0.4 is 10.2 Å². The Morgan fingerprint density at radius 1 is 1.18 bits per heavy atom. The highest BCUT2D eigenvalue weighted by molar-refractivity contribution is 6.02. The van der Waals surface area contributed by atoms with Gasteiger partial charge in [0.2, 0.25) is 0 Å². The smallest absolute Gasteiger partial charge is 0.257 e. The number of amides is 1. The SMILES string of the molecule is COCc1cc(C)nc2c1C(=O)N[C@H](c1cccnc1)N2Cc1ccccc1. The molecule has 4 rings (SSSR count). The summed E-state index contributed by atoms with van der Waals surface area (Å²) in [5.74, 6) is 0.529. The first-order valence-corrected chi connectivity index (χ1v) is 9.18. The Hall–Kier alpha value is -3.25. The summed E-state index contributed by atoms with van der Waals surface area (Å²) >= 11 is 0. The first kappa shape index (κ1) is 18.1. The van der Waals surface area contributed by atoms with Crippen LogP contribution in [0, 0.1) is 6.92 Å². The molecule has 6 heteroatoms.